The summed E-state index contributed by atoms with van der Waals surface area (Å²) in [5.74, 6) is 1.56. The second-order valence-electron chi connectivity index (χ2n) is 4.04. The Bertz CT molecular complexity index is 502. The van der Waals surface area contributed by atoms with E-state index in [1.165, 1.54) is 0 Å². The highest BCUT2D eigenvalue weighted by Gasteiger charge is 2.06. The fourth-order valence-electron chi connectivity index (χ4n) is 1.61. The molecule has 0 aliphatic carbocycles. The van der Waals surface area contributed by atoms with E-state index in [0.29, 0.717) is 13.1 Å². The van der Waals surface area contributed by atoms with Gasteiger partial charge in [0.2, 0.25) is 0 Å². The van der Waals surface area contributed by atoms with Gasteiger partial charge in [-0.05, 0) is 18.2 Å². The number of ether oxygens (including phenoxy) is 2. The molecule has 19 heavy (non-hydrogen) atoms. The van der Waals surface area contributed by atoms with E-state index >= 15 is 0 Å². The molecule has 0 amide bonds. The number of quaternary nitrogens is 1. The maximum Gasteiger partial charge on any atom is 0.127 e. The largest absolute Gasteiger partial charge is 0.545 e. The van der Waals surface area contributed by atoms with Crippen LogP contribution in [0.15, 0.2) is 18.2 Å². The van der Waals surface area contributed by atoms with Crippen LogP contribution < -0.4 is 14.8 Å². The van der Waals surface area contributed by atoms with Gasteiger partial charge in [0, 0.05) is 6.26 Å². The van der Waals surface area contributed by atoms with Crippen molar-refractivity contribution in [1.29, 1.82) is 0 Å². The van der Waals surface area contributed by atoms with E-state index in [-0.39, 0.29) is 6.54 Å². The maximum atomic E-state index is 10.8. The maximum absolute atomic E-state index is 10.8. The van der Waals surface area contributed by atoms with Gasteiger partial charge in [-0.3, -0.25) is 0 Å². The van der Waals surface area contributed by atoms with E-state index in [1.807, 2.05) is 23.5 Å². The van der Waals surface area contributed by atoms with Gasteiger partial charge in [-0.15, -0.1) is 0 Å². The average molecular weight is 288 g/mol. The lowest BCUT2D eigenvalue weighted by Crippen LogP contribution is -2.83. The van der Waals surface area contributed by atoms with E-state index in [2.05, 4.69) is 4.72 Å². The molecule has 0 atom stereocenters. The van der Waals surface area contributed by atoms with Gasteiger partial charge in [-0.25, -0.2) is 8.42 Å². The summed E-state index contributed by atoms with van der Waals surface area (Å²) in [6, 6.07) is 5.59. The summed E-state index contributed by atoms with van der Waals surface area (Å²) >= 11 is 0. The van der Waals surface area contributed by atoms with Crippen molar-refractivity contribution in [2.45, 2.75) is 6.54 Å². The van der Waals surface area contributed by atoms with Crippen LogP contribution >= 0.6 is 0 Å². The molecule has 6 nitrogen and oxygen atoms in total. The van der Waals surface area contributed by atoms with Gasteiger partial charge in [0.25, 0.3) is 0 Å². The van der Waals surface area contributed by atoms with Crippen LogP contribution in [0.25, 0.3) is 4.72 Å². The topological polar surface area (TPSA) is 83.3 Å². The number of sulfonamides is 1. The van der Waals surface area contributed by atoms with Crippen molar-refractivity contribution in [3.05, 3.63) is 28.5 Å². The number of methoxy groups -OCH3 is 2. The summed E-state index contributed by atoms with van der Waals surface area (Å²) in [5.41, 5.74) is 1.00. The summed E-state index contributed by atoms with van der Waals surface area (Å²) in [4.78, 5) is 0. The zero-order chi connectivity index (χ0) is 14.3. The van der Waals surface area contributed by atoms with Crippen molar-refractivity contribution in [1.82, 2.24) is 0 Å². The first-order valence-electron chi connectivity index (χ1n) is 5.87. The second kappa shape index (κ2) is 7.32. The van der Waals surface area contributed by atoms with Crippen molar-refractivity contribution in [3.8, 4) is 11.5 Å². The average Bonchev–Trinajstić information content (AvgIpc) is 2.36. The molecule has 0 aliphatic rings. The van der Waals surface area contributed by atoms with E-state index in [4.69, 9.17) is 9.47 Å². The van der Waals surface area contributed by atoms with Gasteiger partial charge in [0.05, 0.1) is 36.4 Å². The predicted molar refractivity (Wildman–Crippen MR) is 73.1 cm³/mol. The third kappa shape index (κ3) is 5.91. The Labute approximate surface area is 114 Å². The van der Waals surface area contributed by atoms with Crippen molar-refractivity contribution in [2.24, 2.45) is 0 Å². The molecule has 0 aliphatic heterocycles. The summed E-state index contributed by atoms with van der Waals surface area (Å²) in [6.45, 7) is 1.57. The third-order valence-electron chi connectivity index (χ3n) is 2.51. The van der Waals surface area contributed by atoms with Gasteiger partial charge in [0.15, 0.2) is 0 Å². The van der Waals surface area contributed by atoms with E-state index < -0.39 is 10.0 Å². The second-order valence-corrected chi connectivity index (χ2v) is 5.77. The lowest BCUT2D eigenvalue weighted by Gasteiger charge is -2.15. The van der Waals surface area contributed by atoms with Crippen LogP contribution in [0.1, 0.15) is 5.56 Å². The summed E-state index contributed by atoms with van der Waals surface area (Å²) in [7, 11) is -0.00563. The standard InChI is InChI=1S/C12H19N2O4S/c1-17-11-4-5-12(18-2)10(8-11)9-13-6-7-14-19(3,15)16/h4-5,8,13H,6-7,9H2,1-3H3/q-1/p+1. The van der Waals surface area contributed by atoms with E-state index in [1.54, 1.807) is 14.2 Å². The van der Waals surface area contributed by atoms with Crippen molar-refractivity contribution >= 4 is 10.0 Å². The molecular formula is C12H20N2O4S. The number of rotatable bonds is 8. The Morgan fingerprint density at radius 2 is 2.00 bits per heavy atom. The Morgan fingerprint density at radius 3 is 2.58 bits per heavy atom. The Hall–Kier alpha value is -1.31. The van der Waals surface area contributed by atoms with Crippen LogP contribution in [-0.4, -0.2) is 42.0 Å². The number of nitrogens with two attached hydrogens (primary N) is 1. The van der Waals surface area contributed by atoms with Gasteiger partial charge in [-0.1, -0.05) is 6.54 Å². The predicted octanol–water partition coefficient (Wildman–Crippen LogP) is 0.101. The minimum absolute atomic E-state index is 0.283. The molecule has 0 unspecified atom stereocenters. The summed E-state index contributed by atoms with van der Waals surface area (Å²) in [6.07, 6.45) is 1.10. The molecule has 108 valence electrons. The van der Waals surface area contributed by atoms with Crippen LogP contribution in [0, 0.1) is 0 Å². The molecule has 1 aromatic rings. The minimum Gasteiger partial charge on any atom is -0.545 e. The van der Waals surface area contributed by atoms with Crippen LogP contribution in [-0.2, 0) is 16.6 Å². The molecule has 0 fully saturated rings. The molecule has 0 saturated carbocycles. The van der Waals surface area contributed by atoms with Crippen LogP contribution in [0.5, 0.6) is 11.5 Å². The fraction of sp³-hybridized carbons (Fsp3) is 0.500. The first kappa shape index (κ1) is 15.7. The van der Waals surface area contributed by atoms with Crippen LogP contribution in [0.3, 0.4) is 0 Å². The number of hydrogen-bond donors (Lipinski definition) is 1. The van der Waals surface area contributed by atoms with Crippen molar-refractivity contribution in [3.63, 3.8) is 0 Å². The van der Waals surface area contributed by atoms with Gasteiger partial charge in [-0.2, -0.15) is 0 Å². The van der Waals surface area contributed by atoms with Gasteiger partial charge < -0.3 is 19.5 Å². The Kier molecular flexibility index (Phi) is 6.07. The zero-order valence-electron chi connectivity index (χ0n) is 11.4. The van der Waals surface area contributed by atoms with Crippen molar-refractivity contribution in [2.75, 3.05) is 33.6 Å². The molecule has 0 spiro atoms. The normalized spacial score (nSPS) is 11.3. The lowest BCUT2D eigenvalue weighted by atomic mass is 10.2. The highest BCUT2D eigenvalue weighted by atomic mass is 32.2. The quantitative estimate of drug-likeness (QED) is 0.688. The van der Waals surface area contributed by atoms with Crippen molar-refractivity contribution < 1.29 is 23.2 Å². The Morgan fingerprint density at radius 1 is 1.26 bits per heavy atom. The summed E-state index contributed by atoms with van der Waals surface area (Å²) in [5, 5.41) is 1.98. The van der Waals surface area contributed by atoms with Gasteiger partial charge >= 0.3 is 0 Å². The fourth-order valence-corrected chi connectivity index (χ4v) is 2.05. The minimum atomic E-state index is -3.23. The monoisotopic (exact) mass is 288 g/mol. The first-order chi connectivity index (χ1) is 8.96. The smallest absolute Gasteiger partial charge is 0.127 e. The summed E-state index contributed by atoms with van der Waals surface area (Å²) < 4.78 is 35.6. The molecule has 1 rings (SSSR count). The molecule has 0 aromatic heterocycles. The van der Waals surface area contributed by atoms with Crippen LogP contribution in [0.2, 0.25) is 0 Å². The van der Waals surface area contributed by atoms with E-state index in [0.717, 1.165) is 23.3 Å². The molecular weight excluding hydrogens is 268 g/mol. The zero-order valence-corrected chi connectivity index (χ0v) is 12.2. The highest BCUT2D eigenvalue weighted by molar-refractivity contribution is 7.93. The van der Waals surface area contributed by atoms with Crippen LogP contribution in [0.4, 0.5) is 0 Å². The first-order valence-corrected chi connectivity index (χ1v) is 7.72. The molecule has 0 radical (unpaired) electrons. The number of nitrogens with zero attached hydrogens (tertiary/aromatic N) is 1. The molecule has 2 N–H and O–H groups in total. The third-order valence-corrected chi connectivity index (χ3v) is 3.16. The highest BCUT2D eigenvalue weighted by Crippen LogP contribution is 2.22. The number of hydrogen-bond acceptors (Lipinski definition) is 4. The molecule has 0 saturated heterocycles. The molecule has 1 aromatic carbocycles. The Balaban J connectivity index is 2.48. The molecule has 7 heteroatoms. The molecule has 0 heterocycles. The van der Waals surface area contributed by atoms with E-state index in [9.17, 15) is 8.42 Å². The van der Waals surface area contributed by atoms with Gasteiger partial charge in [0.1, 0.15) is 18.0 Å². The number of benzene rings is 1. The molecule has 0 bridgehead atoms. The lowest BCUT2D eigenvalue weighted by molar-refractivity contribution is -0.667. The SMILES string of the molecule is COc1ccc(OC)c(C[NH2+]CC[N-]S(C)(=O)=O)c1.